The van der Waals surface area contributed by atoms with Crippen LogP contribution in [0.1, 0.15) is 67.6 Å². The second-order valence-corrected chi connectivity index (χ2v) is 8.77. The van der Waals surface area contributed by atoms with E-state index in [9.17, 15) is 9.59 Å². The van der Waals surface area contributed by atoms with Crippen LogP contribution in [0.25, 0.3) is 0 Å². The van der Waals surface area contributed by atoms with Crippen molar-refractivity contribution in [3.05, 3.63) is 21.9 Å². The van der Waals surface area contributed by atoms with Gasteiger partial charge in [-0.15, -0.1) is 11.3 Å². The van der Waals surface area contributed by atoms with Crippen LogP contribution in [-0.4, -0.2) is 47.7 Å². The lowest BCUT2D eigenvalue weighted by Crippen LogP contribution is -2.53. The zero-order chi connectivity index (χ0) is 17.9. The van der Waals surface area contributed by atoms with E-state index in [1.807, 2.05) is 6.07 Å². The van der Waals surface area contributed by atoms with E-state index in [1.165, 1.54) is 18.4 Å². The highest BCUT2D eigenvalue weighted by Gasteiger charge is 2.41. The first kappa shape index (κ1) is 18.6. The standard InChI is InChI=1S/C20H30N2O2S/c1-3-4-10-22-15-20(8-6-19(22)24)7-5-9-21(14-20)12-17-11-18(16(2)23)25-13-17/h11,13H,3-10,12,14-15H2,1-2H3. The van der Waals surface area contributed by atoms with Crippen molar-refractivity contribution >= 4 is 23.0 Å². The van der Waals surface area contributed by atoms with Crippen LogP contribution in [0.2, 0.25) is 0 Å². The van der Waals surface area contributed by atoms with E-state index < -0.39 is 0 Å². The Labute approximate surface area is 155 Å². The molecular weight excluding hydrogens is 332 g/mol. The molecule has 2 aliphatic rings. The Morgan fingerprint density at radius 3 is 2.88 bits per heavy atom. The third-order valence-electron chi connectivity index (χ3n) is 5.68. The Kier molecular flexibility index (Phi) is 5.95. The Balaban J connectivity index is 1.63. The molecule has 2 fully saturated rings. The van der Waals surface area contributed by atoms with Crippen LogP contribution in [0.3, 0.4) is 0 Å². The molecule has 1 spiro atoms. The fraction of sp³-hybridized carbons (Fsp3) is 0.700. The van der Waals surface area contributed by atoms with Crippen LogP contribution >= 0.6 is 11.3 Å². The number of amides is 1. The number of hydrogen-bond donors (Lipinski definition) is 0. The lowest BCUT2D eigenvalue weighted by molar-refractivity contribution is -0.139. The minimum Gasteiger partial charge on any atom is -0.342 e. The zero-order valence-corrected chi connectivity index (χ0v) is 16.4. The van der Waals surface area contributed by atoms with Gasteiger partial charge in [-0.1, -0.05) is 13.3 Å². The van der Waals surface area contributed by atoms with Crippen LogP contribution in [0.15, 0.2) is 11.4 Å². The summed E-state index contributed by atoms with van der Waals surface area (Å²) >= 11 is 1.55. The number of rotatable bonds is 6. The van der Waals surface area contributed by atoms with E-state index in [0.717, 1.165) is 56.9 Å². The molecule has 0 aliphatic carbocycles. The number of piperidine rings is 2. The number of carbonyl (C=O) groups is 2. The second kappa shape index (κ2) is 8.00. The van der Waals surface area contributed by atoms with Gasteiger partial charge in [0, 0.05) is 38.0 Å². The fourth-order valence-electron chi connectivity index (χ4n) is 4.33. The maximum atomic E-state index is 12.2. The van der Waals surface area contributed by atoms with Crippen molar-refractivity contribution in [2.45, 2.75) is 58.9 Å². The molecule has 2 saturated heterocycles. The van der Waals surface area contributed by atoms with Gasteiger partial charge in [0.2, 0.25) is 5.91 Å². The average Bonchev–Trinajstić information content (AvgIpc) is 3.05. The summed E-state index contributed by atoms with van der Waals surface area (Å²) in [5.41, 5.74) is 1.53. The van der Waals surface area contributed by atoms with E-state index in [2.05, 4.69) is 22.1 Å². The summed E-state index contributed by atoms with van der Waals surface area (Å²) in [6.45, 7) is 8.80. The van der Waals surface area contributed by atoms with Crippen molar-refractivity contribution < 1.29 is 9.59 Å². The van der Waals surface area contributed by atoms with Gasteiger partial charge in [-0.25, -0.2) is 0 Å². The molecule has 1 unspecified atom stereocenters. The number of carbonyl (C=O) groups excluding carboxylic acids is 2. The Morgan fingerprint density at radius 2 is 2.16 bits per heavy atom. The summed E-state index contributed by atoms with van der Waals surface area (Å²) < 4.78 is 0. The number of likely N-dealkylation sites (tertiary alicyclic amines) is 2. The number of unbranched alkanes of at least 4 members (excludes halogenated alkanes) is 1. The maximum Gasteiger partial charge on any atom is 0.222 e. The third-order valence-corrected chi connectivity index (χ3v) is 6.76. The van der Waals surface area contributed by atoms with E-state index in [-0.39, 0.29) is 11.2 Å². The minimum absolute atomic E-state index is 0.156. The maximum absolute atomic E-state index is 12.2. The SMILES string of the molecule is CCCCN1CC2(CCCN(Cc3csc(C(C)=O)c3)C2)CCC1=O. The summed E-state index contributed by atoms with van der Waals surface area (Å²) in [7, 11) is 0. The first-order chi connectivity index (χ1) is 12.0. The third kappa shape index (κ3) is 4.50. The molecular formula is C20H30N2O2S. The van der Waals surface area contributed by atoms with Gasteiger partial charge >= 0.3 is 0 Å². The average molecular weight is 363 g/mol. The van der Waals surface area contributed by atoms with Gasteiger partial charge in [0.25, 0.3) is 0 Å². The van der Waals surface area contributed by atoms with Crippen molar-refractivity contribution in [2.24, 2.45) is 5.41 Å². The summed E-state index contributed by atoms with van der Waals surface area (Å²) in [4.78, 5) is 29.3. The summed E-state index contributed by atoms with van der Waals surface area (Å²) in [6, 6.07) is 2.05. The Morgan fingerprint density at radius 1 is 1.32 bits per heavy atom. The topological polar surface area (TPSA) is 40.6 Å². The highest BCUT2D eigenvalue weighted by Crippen LogP contribution is 2.39. The quantitative estimate of drug-likeness (QED) is 0.719. The van der Waals surface area contributed by atoms with Gasteiger partial charge in [0.05, 0.1) is 4.88 Å². The molecule has 0 N–H and O–H groups in total. The Bertz CT molecular complexity index is 627. The van der Waals surface area contributed by atoms with Gasteiger partial charge in [-0.2, -0.15) is 0 Å². The lowest BCUT2D eigenvalue weighted by atomic mass is 9.73. The molecule has 1 atom stereocenters. The summed E-state index contributed by atoms with van der Waals surface area (Å²) in [6.07, 6.45) is 6.44. The second-order valence-electron chi connectivity index (χ2n) is 7.86. The van der Waals surface area contributed by atoms with Crippen LogP contribution in [0.5, 0.6) is 0 Å². The normalized spacial score (nSPS) is 24.9. The lowest BCUT2D eigenvalue weighted by Gasteiger charge is -2.48. The van der Waals surface area contributed by atoms with Crippen molar-refractivity contribution in [2.75, 3.05) is 26.2 Å². The molecule has 1 amide bonds. The van der Waals surface area contributed by atoms with E-state index in [0.29, 0.717) is 12.3 Å². The highest BCUT2D eigenvalue weighted by atomic mass is 32.1. The number of nitrogens with zero attached hydrogens (tertiary/aromatic N) is 2. The van der Waals surface area contributed by atoms with Gasteiger partial charge in [0.1, 0.15) is 0 Å². The van der Waals surface area contributed by atoms with Gasteiger partial charge in [0.15, 0.2) is 5.78 Å². The van der Waals surface area contributed by atoms with Crippen molar-refractivity contribution in [1.82, 2.24) is 9.80 Å². The number of Topliss-reactive ketones (excluding diaryl/α,β-unsaturated/α-hetero) is 1. The van der Waals surface area contributed by atoms with E-state index in [4.69, 9.17) is 0 Å². The summed E-state index contributed by atoms with van der Waals surface area (Å²) in [5, 5.41) is 2.12. The predicted molar refractivity (Wildman–Crippen MR) is 102 cm³/mol. The van der Waals surface area contributed by atoms with E-state index in [1.54, 1.807) is 18.3 Å². The molecule has 3 heterocycles. The summed E-state index contributed by atoms with van der Waals surface area (Å²) in [5.74, 6) is 0.504. The predicted octanol–water partition coefficient (Wildman–Crippen LogP) is 3.96. The Hall–Kier alpha value is -1.20. The molecule has 25 heavy (non-hydrogen) atoms. The number of hydrogen-bond acceptors (Lipinski definition) is 4. The molecule has 1 aromatic rings. The molecule has 4 nitrogen and oxygen atoms in total. The first-order valence-corrected chi connectivity index (χ1v) is 10.5. The zero-order valence-electron chi connectivity index (χ0n) is 15.6. The highest BCUT2D eigenvalue weighted by molar-refractivity contribution is 7.12. The van der Waals surface area contributed by atoms with Crippen LogP contribution < -0.4 is 0 Å². The molecule has 3 rings (SSSR count). The minimum atomic E-state index is 0.156. The van der Waals surface area contributed by atoms with Gasteiger partial charge in [-0.3, -0.25) is 14.5 Å². The number of thiophene rings is 1. The number of ketones is 1. The molecule has 2 aliphatic heterocycles. The first-order valence-electron chi connectivity index (χ1n) is 9.60. The molecule has 5 heteroatoms. The van der Waals surface area contributed by atoms with Crippen LogP contribution in [0, 0.1) is 5.41 Å². The molecule has 0 radical (unpaired) electrons. The molecule has 0 bridgehead atoms. The monoisotopic (exact) mass is 362 g/mol. The van der Waals surface area contributed by atoms with Crippen molar-refractivity contribution in [3.63, 3.8) is 0 Å². The van der Waals surface area contributed by atoms with E-state index >= 15 is 0 Å². The van der Waals surface area contributed by atoms with Crippen molar-refractivity contribution in [1.29, 1.82) is 0 Å². The van der Waals surface area contributed by atoms with Gasteiger partial charge < -0.3 is 4.90 Å². The smallest absolute Gasteiger partial charge is 0.222 e. The van der Waals surface area contributed by atoms with Crippen LogP contribution in [0.4, 0.5) is 0 Å². The molecule has 0 aromatic carbocycles. The fourth-order valence-corrected chi connectivity index (χ4v) is 5.14. The molecule has 1 aromatic heterocycles. The van der Waals surface area contributed by atoms with Crippen molar-refractivity contribution in [3.8, 4) is 0 Å². The van der Waals surface area contributed by atoms with Gasteiger partial charge in [-0.05, 0) is 56.2 Å². The molecule has 138 valence electrons. The molecule has 0 saturated carbocycles. The van der Waals surface area contributed by atoms with Crippen LogP contribution in [-0.2, 0) is 11.3 Å². The largest absolute Gasteiger partial charge is 0.342 e.